The Morgan fingerprint density at radius 2 is 2.53 bits per heavy atom. The van der Waals surface area contributed by atoms with Crippen LogP contribution < -0.4 is 5.32 Å². The van der Waals surface area contributed by atoms with Gasteiger partial charge >= 0.3 is 0 Å². The first-order valence-corrected chi connectivity index (χ1v) is 7.14. The summed E-state index contributed by atoms with van der Waals surface area (Å²) in [5.41, 5.74) is 1.91. The van der Waals surface area contributed by atoms with Crippen molar-refractivity contribution in [3.8, 4) is 0 Å². The smallest absolute Gasteiger partial charge is 0.0794 e. The number of thioether (sulfide) groups is 1. The largest absolute Gasteiger partial charge is 0.316 e. The van der Waals surface area contributed by atoms with Crippen molar-refractivity contribution in [2.75, 3.05) is 18.8 Å². The summed E-state index contributed by atoms with van der Waals surface area (Å²) in [5, 5.41) is 3.46. The fraction of sp³-hybridized carbons (Fsp3) is 0.700. The first kappa shape index (κ1) is 13.3. The van der Waals surface area contributed by atoms with Crippen LogP contribution in [0.2, 0.25) is 0 Å². The molecule has 2 heterocycles. The summed E-state index contributed by atoms with van der Waals surface area (Å²) >= 11 is 3.81. The van der Waals surface area contributed by atoms with Gasteiger partial charge in [0.25, 0.3) is 0 Å². The number of halogens is 1. The molecule has 1 fully saturated rings. The minimum atomic E-state index is 0. The van der Waals surface area contributed by atoms with E-state index in [0.717, 1.165) is 11.7 Å². The highest BCUT2D eigenvalue weighted by Gasteiger charge is 2.12. The van der Waals surface area contributed by atoms with Crippen LogP contribution in [0.4, 0.5) is 0 Å². The van der Waals surface area contributed by atoms with Crippen molar-refractivity contribution in [1.82, 2.24) is 10.3 Å². The quantitative estimate of drug-likeness (QED) is 0.905. The Kier molecular flexibility index (Phi) is 6.64. The van der Waals surface area contributed by atoms with Gasteiger partial charge in [-0.2, -0.15) is 11.8 Å². The normalized spacial score (nSPS) is 20.9. The lowest BCUT2D eigenvalue weighted by atomic mass is 10.0. The number of thiazole rings is 1. The molecule has 0 amide bonds. The molecule has 0 aliphatic carbocycles. The van der Waals surface area contributed by atoms with E-state index < -0.39 is 0 Å². The second-order valence-corrected chi connectivity index (χ2v) is 5.70. The van der Waals surface area contributed by atoms with Crippen LogP contribution in [0.3, 0.4) is 0 Å². The predicted octanol–water partition coefficient (Wildman–Crippen LogP) is 2.80. The summed E-state index contributed by atoms with van der Waals surface area (Å²) in [4.78, 5) is 5.48. The molecule has 0 saturated carbocycles. The van der Waals surface area contributed by atoms with Gasteiger partial charge in [-0.15, -0.1) is 23.7 Å². The summed E-state index contributed by atoms with van der Waals surface area (Å²) in [5.74, 6) is 3.33. The molecule has 15 heavy (non-hydrogen) atoms. The highest BCUT2D eigenvalue weighted by atomic mass is 35.5. The highest BCUT2D eigenvalue weighted by molar-refractivity contribution is 7.98. The van der Waals surface area contributed by atoms with Crippen LogP contribution in [0.1, 0.15) is 17.7 Å². The van der Waals surface area contributed by atoms with Gasteiger partial charge in [0.2, 0.25) is 0 Å². The number of nitrogens with zero attached hydrogens (tertiary/aromatic N) is 1. The Bertz CT molecular complexity index is 248. The molecule has 1 N–H and O–H groups in total. The number of nitrogens with one attached hydrogen (secondary N) is 1. The van der Waals surface area contributed by atoms with E-state index >= 15 is 0 Å². The number of aromatic nitrogens is 1. The lowest BCUT2D eigenvalue weighted by Gasteiger charge is -2.21. The van der Waals surface area contributed by atoms with Crippen molar-refractivity contribution in [2.24, 2.45) is 5.92 Å². The van der Waals surface area contributed by atoms with E-state index in [4.69, 9.17) is 0 Å². The third kappa shape index (κ3) is 4.72. The van der Waals surface area contributed by atoms with Crippen molar-refractivity contribution < 1.29 is 0 Å². The van der Waals surface area contributed by atoms with Crippen LogP contribution in [-0.2, 0) is 5.75 Å². The molecule has 0 radical (unpaired) electrons. The summed E-state index contributed by atoms with van der Waals surface area (Å²) in [6.45, 7) is 2.44. The second-order valence-electron chi connectivity index (χ2n) is 3.70. The molecule has 1 atom stereocenters. The van der Waals surface area contributed by atoms with Gasteiger partial charge in [0.05, 0.1) is 5.51 Å². The maximum Gasteiger partial charge on any atom is 0.0794 e. The minimum absolute atomic E-state index is 0. The molecule has 2 nitrogen and oxygen atoms in total. The van der Waals surface area contributed by atoms with E-state index in [0.29, 0.717) is 0 Å². The maximum atomic E-state index is 4.08. The summed E-state index contributed by atoms with van der Waals surface area (Å²) in [6, 6.07) is 0. The number of piperidine rings is 1. The van der Waals surface area contributed by atoms with Crippen molar-refractivity contribution >= 4 is 35.5 Å². The van der Waals surface area contributed by atoms with E-state index in [1.807, 2.05) is 23.5 Å². The first-order chi connectivity index (χ1) is 6.95. The SMILES string of the molecule is Cl.c1ncc(CSCC2CCCNC2)s1. The average molecular weight is 265 g/mol. The molecule has 1 aromatic heterocycles. The fourth-order valence-corrected chi connectivity index (χ4v) is 3.62. The predicted molar refractivity (Wildman–Crippen MR) is 71.1 cm³/mol. The van der Waals surface area contributed by atoms with Crippen LogP contribution in [0, 0.1) is 5.92 Å². The molecule has 1 aliphatic heterocycles. The van der Waals surface area contributed by atoms with E-state index in [1.54, 1.807) is 11.3 Å². The molecule has 1 aliphatic rings. The molecular formula is C10H17ClN2S2. The topological polar surface area (TPSA) is 24.9 Å². The Morgan fingerprint density at radius 3 is 3.20 bits per heavy atom. The van der Waals surface area contributed by atoms with Gasteiger partial charge in [0.15, 0.2) is 0 Å². The monoisotopic (exact) mass is 264 g/mol. The zero-order valence-electron chi connectivity index (χ0n) is 8.65. The Labute approximate surface area is 106 Å². The number of rotatable bonds is 4. The van der Waals surface area contributed by atoms with Crippen LogP contribution >= 0.6 is 35.5 Å². The first-order valence-electron chi connectivity index (χ1n) is 5.11. The van der Waals surface area contributed by atoms with Crippen molar-refractivity contribution in [2.45, 2.75) is 18.6 Å². The third-order valence-electron chi connectivity index (χ3n) is 2.48. The molecule has 86 valence electrons. The summed E-state index contributed by atoms with van der Waals surface area (Å²) in [6.07, 6.45) is 4.74. The van der Waals surface area contributed by atoms with Gasteiger partial charge in [-0.1, -0.05) is 0 Å². The maximum absolute atomic E-state index is 4.08. The lowest BCUT2D eigenvalue weighted by Crippen LogP contribution is -2.30. The minimum Gasteiger partial charge on any atom is -0.316 e. The third-order valence-corrected chi connectivity index (χ3v) is 4.66. The van der Waals surface area contributed by atoms with Crippen LogP contribution in [0.5, 0.6) is 0 Å². The van der Waals surface area contributed by atoms with Gasteiger partial charge in [0, 0.05) is 16.8 Å². The van der Waals surface area contributed by atoms with E-state index in [9.17, 15) is 0 Å². The standard InChI is InChI=1S/C10H16N2S2.ClH/c1-2-9(4-11-3-1)6-13-7-10-5-12-8-14-10;/h5,8-9,11H,1-4,6-7H2;1H. The summed E-state index contributed by atoms with van der Waals surface area (Å²) in [7, 11) is 0. The van der Waals surface area contributed by atoms with Gasteiger partial charge in [0.1, 0.15) is 0 Å². The Morgan fingerprint density at radius 1 is 1.60 bits per heavy atom. The van der Waals surface area contributed by atoms with Crippen molar-refractivity contribution in [3.63, 3.8) is 0 Å². The van der Waals surface area contributed by atoms with Gasteiger partial charge < -0.3 is 5.32 Å². The molecule has 0 aromatic carbocycles. The molecule has 1 saturated heterocycles. The van der Waals surface area contributed by atoms with Crippen LogP contribution in [0.25, 0.3) is 0 Å². The second kappa shape index (κ2) is 7.49. The number of hydrogen-bond acceptors (Lipinski definition) is 4. The molecule has 0 bridgehead atoms. The fourth-order valence-electron chi connectivity index (χ4n) is 1.71. The molecule has 0 spiro atoms. The van der Waals surface area contributed by atoms with Gasteiger partial charge in [-0.25, -0.2) is 0 Å². The van der Waals surface area contributed by atoms with E-state index in [2.05, 4.69) is 10.3 Å². The van der Waals surface area contributed by atoms with Crippen LogP contribution in [0.15, 0.2) is 11.7 Å². The number of hydrogen-bond donors (Lipinski definition) is 1. The molecule has 1 aromatic rings. The Balaban J connectivity index is 0.00000112. The van der Waals surface area contributed by atoms with Crippen molar-refractivity contribution in [1.29, 1.82) is 0 Å². The van der Waals surface area contributed by atoms with Gasteiger partial charge in [-0.3, -0.25) is 4.98 Å². The zero-order valence-corrected chi connectivity index (χ0v) is 11.1. The molecule has 1 unspecified atom stereocenters. The molecular weight excluding hydrogens is 248 g/mol. The van der Waals surface area contributed by atoms with Crippen molar-refractivity contribution in [3.05, 3.63) is 16.6 Å². The van der Waals surface area contributed by atoms with E-state index in [-0.39, 0.29) is 12.4 Å². The van der Waals surface area contributed by atoms with Crippen LogP contribution in [-0.4, -0.2) is 23.8 Å². The summed E-state index contributed by atoms with van der Waals surface area (Å²) < 4.78 is 0. The lowest BCUT2D eigenvalue weighted by molar-refractivity contribution is 0.410. The molecule has 2 rings (SSSR count). The van der Waals surface area contributed by atoms with Gasteiger partial charge in [-0.05, 0) is 37.6 Å². The zero-order chi connectivity index (χ0) is 9.64. The van der Waals surface area contributed by atoms with E-state index in [1.165, 1.54) is 36.6 Å². The average Bonchev–Trinajstić information content (AvgIpc) is 2.72. The molecule has 5 heteroatoms. The highest BCUT2D eigenvalue weighted by Crippen LogP contribution is 2.21. The Hall–Kier alpha value is 0.230.